The molecule has 0 spiro atoms. The lowest BCUT2D eigenvalue weighted by atomic mass is 9.88. The summed E-state index contributed by atoms with van der Waals surface area (Å²) in [4.78, 5) is 0.979. The minimum absolute atomic E-state index is 0.170. The van der Waals surface area contributed by atoms with Gasteiger partial charge in [0.15, 0.2) is 0 Å². The van der Waals surface area contributed by atoms with Crippen LogP contribution in [0.1, 0.15) is 0 Å². The van der Waals surface area contributed by atoms with Crippen LogP contribution in [0.15, 0.2) is 34.1 Å². The summed E-state index contributed by atoms with van der Waals surface area (Å²) in [6.07, 6.45) is 0. The summed E-state index contributed by atoms with van der Waals surface area (Å²) >= 11 is 1.54. The topological polar surface area (TPSA) is 53.6 Å². The third-order valence-corrected chi connectivity index (χ3v) is 2.53. The van der Waals surface area contributed by atoms with E-state index in [4.69, 9.17) is 14.5 Å². The van der Waals surface area contributed by atoms with Gasteiger partial charge >= 0.3 is 7.12 Å². The summed E-state index contributed by atoms with van der Waals surface area (Å²) < 4.78 is 5.20. The van der Waals surface area contributed by atoms with E-state index in [0.29, 0.717) is 5.76 Å². The normalized spacial score (nSPS) is 10.3. The van der Waals surface area contributed by atoms with Gasteiger partial charge in [-0.25, -0.2) is 0 Å². The molecular weight excluding hydrogens is 187 g/mol. The van der Waals surface area contributed by atoms with E-state index in [1.54, 1.807) is 23.5 Å². The number of furan rings is 1. The third-order valence-electron chi connectivity index (χ3n) is 1.65. The van der Waals surface area contributed by atoms with Gasteiger partial charge in [0.1, 0.15) is 11.4 Å². The van der Waals surface area contributed by atoms with Crippen molar-refractivity contribution in [3.05, 3.63) is 29.6 Å². The second-order valence-electron chi connectivity index (χ2n) is 2.55. The van der Waals surface area contributed by atoms with Gasteiger partial charge in [-0.05, 0) is 23.6 Å². The van der Waals surface area contributed by atoms with Crippen molar-refractivity contribution in [1.82, 2.24) is 0 Å². The van der Waals surface area contributed by atoms with Gasteiger partial charge in [-0.3, -0.25) is 0 Å². The molecule has 0 radical (unpaired) electrons. The van der Waals surface area contributed by atoms with Crippen molar-refractivity contribution in [3.63, 3.8) is 0 Å². The number of rotatable bonds is 2. The molecule has 13 heavy (non-hydrogen) atoms. The van der Waals surface area contributed by atoms with Crippen LogP contribution in [0.3, 0.4) is 0 Å². The van der Waals surface area contributed by atoms with Gasteiger partial charge in [0, 0.05) is 0 Å². The quantitative estimate of drug-likeness (QED) is 0.691. The molecule has 2 aromatic heterocycles. The van der Waals surface area contributed by atoms with Crippen molar-refractivity contribution < 1.29 is 14.5 Å². The predicted octanol–water partition coefficient (Wildman–Crippen LogP) is 0.688. The van der Waals surface area contributed by atoms with E-state index in [9.17, 15) is 0 Å². The Morgan fingerprint density at radius 1 is 1.23 bits per heavy atom. The maximum absolute atomic E-state index is 8.80. The van der Waals surface area contributed by atoms with Gasteiger partial charge in [0.25, 0.3) is 0 Å². The number of hydrogen-bond acceptors (Lipinski definition) is 4. The lowest BCUT2D eigenvalue weighted by molar-refractivity contribution is 0.411. The highest BCUT2D eigenvalue weighted by molar-refractivity contribution is 7.13. The average Bonchev–Trinajstić information content (AvgIpc) is 2.75. The standard InChI is InChI=1S/C8H7BO3S/c10-9(11)8-4-3-6(12-8)7-2-1-5-13-7/h1-5,10-11H. The molecule has 0 aliphatic carbocycles. The van der Waals surface area contributed by atoms with Crippen LogP contribution in [0.2, 0.25) is 0 Å². The van der Waals surface area contributed by atoms with Crippen LogP contribution in [-0.2, 0) is 0 Å². The highest BCUT2D eigenvalue weighted by Gasteiger charge is 2.16. The molecule has 2 aromatic rings. The predicted molar refractivity (Wildman–Crippen MR) is 51.8 cm³/mol. The summed E-state index contributed by atoms with van der Waals surface area (Å²) in [5, 5.41) is 19.5. The molecule has 2 rings (SSSR count). The zero-order valence-electron chi connectivity index (χ0n) is 6.68. The molecule has 0 unspecified atom stereocenters. The summed E-state index contributed by atoms with van der Waals surface area (Å²) in [5.74, 6) is 0.665. The van der Waals surface area contributed by atoms with E-state index < -0.39 is 7.12 Å². The van der Waals surface area contributed by atoms with Crippen LogP contribution in [0.4, 0.5) is 0 Å². The molecule has 0 amide bonds. The largest absolute Gasteiger partial charge is 0.526 e. The van der Waals surface area contributed by atoms with Gasteiger partial charge in [-0.1, -0.05) is 6.07 Å². The smallest absolute Gasteiger partial charge is 0.464 e. The molecule has 2 heterocycles. The van der Waals surface area contributed by atoms with Crippen LogP contribution in [0, 0.1) is 0 Å². The Balaban J connectivity index is 2.33. The molecule has 0 fully saturated rings. The first kappa shape index (κ1) is 8.56. The molecule has 2 N–H and O–H groups in total. The second-order valence-corrected chi connectivity index (χ2v) is 3.50. The second kappa shape index (κ2) is 3.37. The van der Waals surface area contributed by atoms with Crippen molar-refractivity contribution in [2.45, 2.75) is 0 Å². The SMILES string of the molecule is OB(O)c1ccc(-c2cccs2)o1. The molecule has 0 atom stereocenters. The minimum Gasteiger partial charge on any atom is -0.464 e. The maximum Gasteiger partial charge on any atom is 0.526 e. The Morgan fingerprint density at radius 2 is 2.08 bits per heavy atom. The lowest BCUT2D eigenvalue weighted by Gasteiger charge is -1.92. The van der Waals surface area contributed by atoms with E-state index in [2.05, 4.69) is 0 Å². The highest BCUT2D eigenvalue weighted by atomic mass is 32.1. The lowest BCUT2D eigenvalue weighted by Crippen LogP contribution is -2.27. The first-order valence-electron chi connectivity index (χ1n) is 3.77. The molecule has 0 bridgehead atoms. The Morgan fingerprint density at radius 3 is 2.62 bits per heavy atom. The first-order chi connectivity index (χ1) is 6.27. The van der Waals surface area contributed by atoms with Crippen LogP contribution in [0.25, 0.3) is 10.6 Å². The Hall–Kier alpha value is -1.04. The number of hydrogen-bond donors (Lipinski definition) is 2. The van der Waals surface area contributed by atoms with Crippen molar-refractivity contribution in [1.29, 1.82) is 0 Å². The van der Waals surface area contributed by atoms with Gasteiger partial charge in [0.05, 0.1) is 4.88 Å². The van der Waals surface area contributed by atoms with Crippen molar-refractivity contribution in [2.75, 3.05) is 0 Å². The first-order valence-corrected chi connectivity index (χ1v) is 4.65. The van der Waals surface area contributed by atoms with Crippen molar-refractivity contribution in [3.8, 4) is 10.6 Å². The molecule has 0 aliphatic rings. The molecule has 0 saturated heterocycles. The number of thiophene rings is 1. The molecular formula is C8H7BO3S. The van der Waals surface area contributed by atoms with Crippen LogP contribution in [0.5, 0.6) is 0 Å². The molecule has 5 heteroatoms. The summed E-state index contributed by atoms with van der Waals surface area (Å²) in [7, 11) is -1.53. The van der Waals surface area contributed by atoms with Gasteiger partial charge in [-0.15, -0.1) is 11.3 Å². The fraction of sp³-hybridized carbons (Fsp3) is 0. The molecule has 66 valence electrons. The van der Waals surface area contributed by atoms with Crippen LogP contribution < -0.4 is 5.66 Å². The van der Waals surface area contributed by atoms with E-state index >= 15 is 0 Å². The zero-order valence-corrected chi connectivity index (χ0v) is 7.49. The average molecular weight is 194 g/mol. The summed E-state index contributed by atoms with van der Waals surface area (Å²) in [5.41, 5.74) is 0.170. The third kappa shape index (κ3) is 1.67. The van der Waals surface area contributed by atoms with Crippen LogP contribution in [-0.4, -0.2) is 17.2 Å². The van der Waals surface area contributed by atoms with Crippen molar-refractivity contribution >= 4 is 24.1 Å². The Labute approximate surface area is 79.4 Å². The van der Waals surface area contributed by atoms with E-state index in [0.717, 1.165) is 4.88 Å². The molecule has 0 saturated carbocycles. The molecule has 0 aliphatic heterocycles. The summed E-state index contributed by atoms with van der Waals surface area (Å²) in [6.45, 7) is 0. The van der Waals surface area contributed by atoms with Gasteiger partial charge < -0.3 is 14.5 Å². The van der Waals surface area contributed by atoms with Gasteiger partial charge in [-0.2, -0.15) is 0 Å². The van der Waals surface area contributed by atoms with E-state index in [1.165, 1.54) is 0 Å². The minimum atomic E-state index is -1.53. The molecule has 3 nitrogen and oxygen atoms in total. The summed E-state index contributed by atoms with van der Waals surface area (Å²) in [6, 6.07) is 7.11. The highest BCUT2D eigenvalue weighted by Crippen LogP contribution is 2.23. The fourth-order valence-electron chi connectivity index (χ4n) is 1.04. The maximum atomic E-state index is 8.80. The van der Waals surface area contributed by atoms with E-state index in [1.807, 2.05) is 17.5 Å². The Kier molecular flexibility index (Phi) is 2.22. The van der Waals surface area contributed by atoms with E-state index in [-0.39, 0.29) is 5.66 Å². The van der Waals surface area contributed by atoms with Crippen molar-refractivity contribution in [2.24, 2.45) is 0 Å². The monoisotopic (exact) mass is 194 g/mol. The van der Waals surface area contributed by atoms with Crippen LogP contribution >= 0.6 is 11.3 Å². The fourth-order valence-corrected chi connectivity index (χ4v) is 1.73. The van der Waals surface area contributed by atoms with Gasteiger partial charge in [0.2, 0.25) is 0 Å². The Bertz CT molecular complexity index is 380. The molecule has 0 aromatic carbocycles. The zero-order chi connectivity index (χ0) is 9.26.